The molecule has 1 aromatic heterocycles. The normalized spacial score (nSPS) is 14.1. The van der Waals surface area contributed by atoms with E-state index in [9.17, 15) is 9.59 Å². The van der Waals surface area contributed by atoms with Crippen LogP contribution in [0.25, 0.3) is 10.8 Å². The van der Waals surface area contributed by atoms with Crippen molar-refractivity contribution in [2.24, 2.45) is 0 Å². The van der Waals surface area contributed by atoms with Crippen molar-refractivity contribution in [1.29, 1.82) is 0 Å². The number of hydrogen-bond acceptors (Lipinski definition) is 3. The van der Waals surface area contributed by atoms with Gasteiger partial charge in [-0.25, -0.2) is 4.98 Å². The smallest absolute Gasteiger partial charge is 0.187 e. The zero-order chi connectivity index (χ0) is 12.9. The van der Waals surface area contributed by atoms with Crippen LogP contribution in [0.3, 0.4) is 0 Å². The lowest BCUT2D eigenvalue weighted by atomic mass is 9.88. The molecule has 0 saturated carbocycles. The minimum atomic E-state index is -0.172. The lowest BCUT2D eigenvalue weighted by molar-refractivity contribution is 0.0994. The number of benzene rings is 1. The van der Waals surface area contributed by atoms with Crippen molar-refractivity contribution < 1.29 is 9.59 Å². The number of aryl methyl sites for hydroxylation is 1. The minimum Gasteiger partial charge on any atom is -0.289 e. The minimum absolute atomic E-state index is 0.142. The van der Waals surface area contributed by atoms with Gasteiger partial charge in [0.25, 0.3) is 0 Å². The van der Waals surface area contributed by atoms with E-state index in [1.54, 1.807) is 18.3 Å². The second kappa shape index (κ2) is 3.75. The molecule has 2 aromatic rings. The van der Waals surface area contributed by atoms with E-state index >= 15 is 0 Å². The molecule has 1 heterocycles. The van der Waals surface area contributed by atoms with Crippen LogP contribution in [0.15, 0.2) is 30.5 Å². The summed E-state index contributed by atoms with van der Waals surface area (Å²) in [5.74, 6) is -0.313. The fourth-order valence-corrected chi connectivity index (χ4v) is 2.51. The molecule has 0 saturated heterocycles. The van der Waals surface area contributed by atoms with Gasteiger partial charge in [-0.15, -0.1) is 0 Å². The summed E-state index contributed by atoms with van der Waals surface area (Å²) in [6.45, 7) is 1.82. The van der Waals surface area contributed by atoms with Gasteiger partial charge in [0.2, 0.25) is 0 Å². The number of hydrogen-bond donors (Lipinski definition) is 0. The van der Waals surface area contributed by atoms with Gasteiger partial charge in [-0.05, 0) is 42.2 Å². The number of carbonyl (C=O) groups excluding carboxylic acids is 2. The van der Waals surface area contributed by atoms with Gasteiger partial charge < -0.3 is 0 Å². The summed E-state index contributed by atoms with van der Waals surface area (Å²) in [6.07, 6.45) is 4.20. The summed E-state index contributed by atoms with van der Waals surface area (Å²) >= 11 is 6.03. The Morgan fingerprint density at radius 3 is 2.61 bits per heavy atom. The topological polar surface area (TPSA) is 47.0 Å². The van der Waals surface area contributed by atoms with Crippen molar-refractivity contribution in [1.82, 2.24) is 4.98 Å². The van der Waals surface area contributed by atoms with E-state index in [1.807, 2.05) is 6.92 Å². The van der Waals surface area contributed by atoms with Crippen molar-refractivity contribution in [3.63, 3.8) is 0 Å². The number of ketones is 2. The Kier molecular flexibility index (Phi) is 2.31. The highest BCUT2D eigenvalue weighted by Crippen LogP contribution is 2.31. The maximum Gasteiger partial charge on any atom is 0.187 e. The summed E-state index contributed by atoms with van der Waals surface area (Å²) in [5.41, 5.74) is 1.65. The first-order chi connectivity index (χ1) is 8.59. The summed E-state index contributed by atoms with van der Waals surface area (Å²) in [6, 6.07) is 3.45. The van der Waals surface area contributed by atoms with E-state index in [0.717, 1.165) is 10.9 Å². The molecule has 88 valence electrons. The molecule has 4 heteroatoms. The Morgan fingerprint density at radius 1 is 1.11 bits per heavy atom. The molecular formula is C14H8ClNO2. The van der Waals surface area contributed by atoms with E-state index in [4.69, 9.17) is 11.6 Å². The average molecular weight is 258 g/mol. The highest BCUT2D eigenvalue weighted by molar-refractivity contribution is 6.35. The summed E-state index contributed by atoms with van der Waals surface area (Å²) in [5, 5.41) is 1.89. The number of allylic oxidation sites excluding steroid dienone is 2. The molecule has 0 bridgehead atoms. The van der Waals surface area contributed by atoms with Crippen LogP contribution >= 0.6 is 11.6 Å². The molecular weight excluding hydrogens is 250 g/mol. The number of fused-ring (bicyclic) bond motifs is 2. The summed E-state index contributed by atoms with van der Waals surface area (Å²) in [4.78, 5) is 27.7. The molecule has 0 N–H and O–H groups in total. The third-order valence-electron chi connectivity index (χ3n) is 3.18. The molecule has 0 spiro atoms. The Labute approximate surface area is 108 Å². The third-order valence-corrected chi connectivity index (χ3v) is 3.48. The molecule has 0 amide bonds. The Bertz CT molecular complexity index is 747. The van der Waals surface area contributed by atoms with Gasteiger partial charge in [0.1, 0.15) is 5.15 Å². The van der Waals surface area contributed by atoms with Crippen LogP contribution in [0.1, 0.15) is 26.3 Å². The van der Waals surface area contributed by atoms with Crippen molar-refractivity contribution in [2.75, 3.05) is 0 Å². The predicted molar refractivity (Wildman–Crippen MR) is 69.3 cm³/mol. The number of aromatic nitrogens is 1. The van der Waals surface area contributed by atoms with Gasteiger partial charge in [-0.3, -0.25) is 9.59 Å². The number of rotatable bonds is 0. The van der Waals surface area contributed by atoms with Crippen molar-refractivity contribution in [3.8, 4) is 0 Å². The maximum atomic E-state index is 11.9. The van der Waals surface area contributed by atoms with Crippen molar-refractivity contribution in [3.05, 3.63) is 52.3 Å². The fourth-order valence-electron chi connectivity index (χ4n) is 2.30. The Balaban J connectivity index is 2.51. The first-order valence-corrected chi connectivity index (χ1v) is 5.82. The van der Waals surface area contributed by atoms with Crippen LogP contribution in [-0.4, -0.2) is 16.6 Å². The first kappa shape index (κ1) is 11.1. The zero-order valence-electron chi connectivity index (χ0n) is 9.53. The zero-order valence-corrected chi connectivity index (χ0v) is 10.3. The molecule has 3 rings (SSSR count). The highest BCUT2D eigenvalue weighted by Gasteiger charge is 2.23. The van der Waals surface area contributed by atoms with Crippen molar-refractivity contribution in [2.45, 2.75) is 6.92 Å². The molecule has 0 radical (unpaired) electrons. The molecule has 18 heavy (non-hydrogen) atoms. The second-order valence-corrected chi connectivity index (χ2v) is 4.54. The van der Waals surface area contributed by atoms with Crippen molar-refractivity contribution >= 4 is 33.9 Å². The molecule has 0 atom stereocenters. The predicted octanol–water partition coefficient (Wildman–Crippen LogP) is 3.13. The largest absolute Gasteiger partial charge is 0.289 e. The number of pyridine rings is 1. The lowest BCUT2D eigenvalue weighted by Gasteiger charge is -2.14. The van der Waals surface area contributed by atoms with Gasteiger partial charge in [0.05, 0.1) is 0 Å². The summed E-state index contributed by atoms with van der Waals surface area (Å²) < 4.78 is 0. The standard InChI is InChI=1S/C14H8ClNO2/c1-7-8-4-5-16-14(15)9(8)6-10-11(17)2-3-12(18)13(7)10/h2-6H,1H3. The third kappa shape index (κ3) is 1.41. The second-order valence-electron chi connectivity index (χ2n) is 4.18. The highest BCUT2D eigenvalue weighted by atomic mass is 35.5. The van der Waals surface area contributed by atoms with E-state index in [-0.39, 0.29) is 11.6 Å². The van der Waals surface area contributed by atoms with Crippen LogP contribution in [0.4, 0.5) is 0 Å². The van der Waals surface area contributed by atoms with Crippen LogP contribution in [0.2, 0.25) is 5.15 Å². The number of nitrogens with zero attached hydrogens (tertiary/aromatic N) is 1. The lowest BCUT2D eigenvalue weighted by Crippen LogP contribution is -2.13. The monoisotopic (exact) mass is 257 g/mol. The average Bonchev–Trinajstić information content (AvgIpc) is 2.35. The van der Waals surface area contributed by atoms with Gasteiger partial charge in [0.15, 0.2) is 11.6 Å². The van der Waals surface area contributed by atoms with E-state index < -0.39 is 0 Å². The molecule has 0 aliphatic heterocycles. The fraction of sp³-hybridized carbons (Fsp3) is 0.0714. The van der Waals surface area contributed by atoms with Crippen LogP contribution in [0, 0.1) is 6.92 Å². The maximum absolute atomic E-state index is 11.9. The molecule has 0 fully saturated rings. The number of halogens is 1. The first-order valence-electron chi connectivity index (χ1n) is 5.44. The van der Waals surface area contributed by atoms with Crippen LogP contribution in [-0.2, 0) is 0 Å². The van der Waals surface area contributed by atoms with Crippen LogP contribution < -0.4 is 0 Å². The number of carbonyl (C=O) groups is 2. The molecule has 3 nitrogen and oxygen atoms in total. The molecule has 0 unspecified atom stereocenters. The molecule has 1 aliphatic rings. The molecule has 1 aromatic carbocycles. The van der Waals surface area contributed by atoms with E-state index in [0.29, 0.717) is 21.7 Å². The Hall–Kier alpha value is -2.00. The quantitative estimate of drug-likeness (QED) is 0.681. The van der Waals surface area contributed by atoms with E-state index in [2.05, 4.69) is 4.98 Å². The van der Waals surface area contributed by atoms with Crippen LogP contribution in [0.5, 0.6) is 0 Å². The summed E-state index contributed by atoms with van der Waals surface area (Å²) in [7, 11) is 0. The SMILES string of the molecule is Cc1c2c(cc3c(Cl)nccc13)C(=O)C=CC2=O. The van der Waals surface area contributed by atoms with Gasteiger partial charge in [-0.2, -0.15) is 0 Å². The van der Waals surface area contributed by atoms with Gasteiger partial charge >= 0.3 is 0 Å². The van der Waals surface area contributed by atoms with E-state index in [1.165, 1.54) is 12.2 Å². The molecule has 1 aliphatic carbocycles. The Morgan fingerprint density at radius 2 is 1.83 bits per heavy atom. The van der Waals surface area contributed by atoms with Gasteiger partial charge in [-0.1, -0.05) is 11.6 Å². The van der Waals surface area contributed by atoms with Gasteiger partial charge in [0, 0.05) is 22.7 Å².